The van der Waals surface area contributed by atoms with Gasteiger partial charge in [0.25, 0.3) is 0 Å². The topological polar surface area (TPSA) is 12.0 Å². The van der Waals surface area contributed by atoms with E-state index >= 15 is 0 Å². The average molecular weight is 288 g/mol. The molecule has 1 nitrogen and oxygen atoms in total. The molecule has 0 heterocycles. The molecule has 106 valence electrons. The Morgan fingerprint density at radius 1 is 1.05 bits per heavy atom. The molecule has 0 radical (unpaired) electrons. The molecule has 0 aliphatic rings. The van der Waals surface area contributed by atoms with Gasteiger partial charge in [0.05, 0.1) is 0 Å². The molecule has 0 saturated heterocycles. The highest BCUT2D eigenvalue weighted by Gasteiger charge is 2.11. The summed E-state index contributed by atoms with van der Waals surface area (Å²) in [6.45, 7) is 5.19. The van der Waals surface area contributed by atoms with Crippen LogP contribution in [0.4, 0.5) is 0 Å². The highest BCUT2D eigenvalue weighted by Crippen LogP contribution is 2.20. The van der Waals surface area contributed by atoms with Gasteiger partial charge in [-0.25, -0.2) is 0 Å². The van der Waals surface area contributed by atoms with Gasteiger partial charge in [0, 0.05) is 11.1 Å². The van der Waals surface area contributed by atoms with Crippen LogP contribution in [-0.2, 0) is 12.8 Å². The molecule has 0 bridgehead atoms. The predicted octanol–water partition coefficient (Wildman–Crippen LogP) is 4.41. The first kappa shape index (κ1) is 15.1. The lowest BCUT2D eigenvalue weighted by Crippen LogP contribution is -2.33. The summed E-state index contributed by atoms with van der Waals surface area (Å²) in [5, 5.41) is 4.44. The van der Waals surface area contributed by atoms with Crippen LogP contribution in [0.3, 0.4) is 0 Å². The summed E-state index contributed by atoms with van der Waals surface area (Å²) in [5.74, 6) is 0. The maximum Gasteiger partial charge on any atom is 0.0441 e. The SMILES string of the molecule is CCNC(Cc1ccccc1)Cc1ccc(C)cc1Cl. The molecule has 2 heteroatoms. The van der Waals surface area contributed by atoms with Gasteiger partial charge >= 0.3 is 0 Å². The summed E-state index contributed by atoms with van der Waals surface area (Å²) in [6, 6.07) is 17.4. The third kappa shape index (κ3) is 4.36. The molecule has 0 aromatic heterocycles. The van der Waals surface area contributed by atoms with Gasteiger partial charge in [-0.05, 0) is 49.1 Å². The lowest BCUT2D eigenvalue weighted by atomic mass is 9.98. The second-order valence-electron chi connectivity index (χ2n) is 5.24. The monoisotopic (exact) mass is 287 g/mol. The summed E-state index contributed by atoms with van der Waals surface area (Å²) in [7, 11) is 0. The smallest absolute Gasteiger partial charge is 0.0441 e. The van der Waals surface area contributed by atoms with Gasteiger partial charge in [0.2, 0.25) is 0 Å². The molecule has 2 aromatic carbocycles. The van der Waals surface area contributed by atoms with E-state index in [-0.39, 0.29) is 0 Å². The minimum atomic E-state index is 0.419. The highest BCUT2D eigenvalue weighted by molar-refractivity contribution is 6.31. The molecule has 2 rings (SSSR count). The summed E-state index contributed by atoms with van der Waals surface area (Å²) in [5.41, 5.74) is 3.79. The fraction of sp³-hybridized carbons (Fsp3) is 0.333. The van der Waals surface area contributed by atoms with Crippen molar-refractivity contribution >= 4 is 11.6 Å². The zero-order chi connectivity index (χ0) is 14.4. The standard InChI is InChI=1S/C18H22ClN/c1-3-20-17(12-15-7-5-4-6-8-15)13-16-10-9-14(2)11-18(16)19/h4-11,17,20H,3,12-13H2,1-2H3. The maximum absolute atomic E-state index is 6.35. The summed E-state index contributed by atoms with van der Waals surface area (Å²) in [4.78, 5) is 0. The zero-order valence-electron chi connectivity index (χ0n) is 12.2. The Morgan fingerprint density at radius 3 is 2.45 bits per heavy atom. The van der Waals surface area contributed by atoms with Crippen LogP contribution in [0.15, 0.2) is 48.5 Å². The second-order valence-corrected chi connectivity index (χ2v) is 5.65. The quantitative estimate of drug-likeness (QED) is 0.830. The fourth-order valence-corrected chi connectivity index (χ4v) is 2.80. The van der Waals surface area contributed by atoms with E-state index in [4.69, 9.17) is 11.6 Å². The van der Waals surface area contributed by atoms with Gasteiger partial charge in [-0.1, -0.05) is 61.0 Å². The van der Waals surface area contributed by atoms with Crippen LogP contribution in [0.5, 0.6) is 0 Å². The predicted molar refractivity (Wildman–Crippen MR) is 87.5 cm³/mol. The minimum absolute atomic E-state index is 0.419. The summed E-state index contributed by atoms with van der Waals surface area (Å²) < 4.78 is 0. The van der Waals surface area contributed by atoms with Crippen molar-refractivity contribution in [3.63, 3.8) is 0 Å². The molecule has 20 heavy (non-hydrogen) atoms. The Morgan fingerprint density at radius 2 is 1.80 bits per heavy atom. The molecule has 0 aliphatic carbocycles. The Kier molecular flexibility index (Phi) is 5.63. The van der Waals surface area contributed by atoms with Crippen LogP contribution in [0, 0.1) is 6.92 Å². The van der Waals surface area contributed by atoms with Crippen molar-refractivity contribution in [2.24, 2.45) is 0 Å². The number of likely N-dealkylation sites (N-methyl/N-ethyl adjacent to an activating group) is 1. The third-order valence-electron chi connectivity index (χ3n) is 3.49. The third-order valence-corrected chi connectivity index (χ3v) is 3.84. The number of rotatable bonds is 6. The van der Waals surface area contributed by atoms with Crippen LogP contribution < -0.4 is 5.32 Å². The van der Waals surface area contributed by atoms with E-state index in [0.29, 0.717) is 6.04 Å². The number of aryl methyl sites for hydroxylation is 1. The normalized spacial score (nSPS) is 12.3. The van der Waals surface area contributed by atoms with Crippen LogP contribution in [0.25, 0.3) is 0 Å². The first-order chi connectivity index (χ1) is 9.69. The number of hydrogen-bond acceptors (Lipinski definition) is 1. The molecule has 1 unspecified atom stereocenters. The van der Waals surface area contributed by atoms with Crippen molar-refractivity contribution in [1.82, 2.24) is 5.32 Å². The van der Waals surface area contributed by atoms with Gasteiger partial charge in [-0.2, -0.15) is 0 Å². The Hall–Kier alpha value is -1.31. The minimum Gasteiger partial charge on any atom is -0.314 e. The van der Waals surface area contributed by atoms with Crippen molar-refractivity contribution in [1.29, 1.82) is 0 Å². The van der Waals surface area contributed by atoms with Gasteiger partial charge in [-0.3, -0.25) is 0 Å². The van der Waals surface area contributed by atoms with Crippen molar-refractivity contribution in [2.75, 3.05) is 6.54 Å². The molecular formula is C18H22ClN. The van der Waals surface area contributed by atoms with Crippen LogP contribution in [0.2, 0.25) is 5.02 Å². The van der Waals surface area contributed by atoms with Gasteiger partial charge < -0.3 is 5.32 Å². The van der Waals surface area contributed by atoms with E-state index in [9.17, 15) is 0 Å². The molecule has 0 amide bonds. The zero-order valence-corrected chi connectivity index (χ0v) is 13.0. The Bertz CT molecular complexity index is 536. The van der Waals surface area contributed by atoms with Gasteiger partial charge in [0.15, 0.2) is 0 Å². The first-order valence-corrected chi connectivity index (χ1v) is 7.59. The lowest BCUT2D eigenvalue weighted by molar-refractivity contribution is 0.521. The van der Waals surface area contributed by atoms with Crippen molar-refractivity contribution in [3.05, 3.63) is 70.2 Å². The lowest BCUT2D eigenvalue weighted by Gasteiger charge is -2.19. The van der Waals surface area contributed by atoms with Crippen LogP contribution in [-0.4, -0.2) is 12.6 Å². The molecule has 0 spiro atoms. The van der Waals surface area contributed by atoms with Crippen molar-refractivity contribution in [3.8, 4) is 0 Å². The summed E-state index contributed by atoms with van der Waals surface area (Å²) in [6.07, 6.45) is 1.99. The summed E-state index contributed by atoms with van der Waals surface area (Å²) >= 11 is 6.35. The fourth-order valence-electron chi connectivity index (χ4n) is 2.49. The molecule has 0 fully saturated rings. The molecule has 1 N–H and O–H groups in total. The van der Waals surface area contributed by atoms with E-state index in [1.165, 1.54) is 16.7 Å². The van der Waals surface area contributed by atoms with Gasteiger partial charge in [-0.15, -0.1) is 0 Å². The number of halogens is 1. The maximum atomic E-state index is 6.35. The van der Waals surface area contributed by atoms with Crippen molar-refractivity contribution < 1.29 is 0 Å². The van der Waals surface area contributed by atoms with E-state index in [0.717, 1.165) is 24.4 Å². The number of hydrogen-bond donors (Lipinski definition) is 1. The molecular weight excluding hydrogens is 266 g/mol. The van der Waals surface area contributed by atoms with E-state index in [1.54, 1.807) is 0 Å². The van der Waals surface area contributed by atoms with Gasteiger partial charge in [0.1, 0.15) is 0 Å². The van der Waals surface area contributed by atoms with E-state index < -0.39 is 0 Å². The Balaban J connectivity index is 2.09. The van der Waals surface area contributed by atoms with Crippen LogP contribution in [0.1, 0.15) is 23.6 Å². The van der Waals surface area contributed by atoms with E-state index in [2.05, 4.69) is 61.6 Å². The molecule has 1 atom stereocenters. The molecule has 2 aromatic rings. The Labute approximate surface area is 127 Å². The number of nitrogens with one attached hydrogen (secondary N) is 1. The highest BCUT2D eigenvalue weighted by atomic mass is 35.5. The number of benzene rings is 2. The second kappa shape index (κ2) is 7.47. The first-order valence-electron chi connectivity index (χ1n) is 7.21. The molecule has 0 aliphatic heterocycles. The van der Waals surface area contributed by atoms with Crippen LogP contribution >= 0.6 is 11.6 Å². The largest absolute Gasteiger partial charge is 0.314 e. The van der Waals surface area contributed by atoms with Crippen molar-refractivity contribution in [2.45, 2.75) is 32.7 Å². The van der Waals surface area contributed by atoms with E-state index in [1.807, 2.05) is 6.07 Å². The average Bonchev–Trinajstić information content (AvgIpc) is 2.43. The molecule has 0 saturated carbocycles.